The second kappa shape index (κ2) is 10.8. The van der Waals surface area contributed by atoms with Crippen molar-refractivity contribution in [2.45, 2.75) is 38.5 Å². The number of amides is 1. The van der Waals surface area contributed by atoms with Gasteiger partial charge in [-0.1, -0.05) is 18.9 Å². The van der Waals surface area contributed by atoms with Gasteiger partial charge in [-0.2, -0.15) is 0 Å². The quantitative estimate of drug-likeness (QED) is 0.582. The number of carbonyl (C=O) groups excluding carboxylic acids is 1. The van der Waals surface area contributed by atoms with Crippen LogP contribution in [0.1, 0.15) is 37.7 Å². The average molecular weight is 413 g/mol. The molecular weight excluding hydrogens is 380 g/mol. The molecule has 6 nitrogen and oxygen atoms in total. The summed E-state index contributed by atoms with van der Waals surface area (Å²) in [4.78, 5) is 12.4. The highest BCUT2D eigenvalue weighted by atomic mass is 16.5. The minimum Gasteiger partial charge on any atom is -0.493 e. The van der Waals surface area contributed by atoms with E-state index in [0.29, 0.717) is 30.1 Å². The molecule has 0 unspecified atom stereocenters. The van der Waals surface area contributed by atoms with Gasteiger partial charge >= 0.3 is 0 Å². The minimum absolute atomic E-state index is 0.0431. The third-order valence-corrected chi connectivity index (χ3v) is 5.65. The Kier molecular flexibility index (Phi) is 7.82. The smallest absolute Gasteiger partial charge is 0.224 e. The van der Waals surface area contributed by atoms with E-state index in [2.05, 4.69) is 10.6 Å². The topological polar surface area (TPSA) is 68.8 Å². The number of nitrogens with one attached hydrogen (secondary N) is 2. The molecule has 30 heavy (non-hydrogen) atoms. The Hall–Kier alpha value is -2.89. The average Bonchev–Trinajstić information content (AvgIpc) is 3.30. The Morgan fingerprint density at radius 1 is 0.900 bits per heavy atom. The second-order valence-corrected chi connectivity index (χ2v) is 7.65. The standard InChI is InChI=1S/C24H32N2O4/c1-28-21-14-8-18(23(29-2)24(21)30-3)9-15-22(27)26-20-12-10-19(11-13-20)25-16-17-6-4-5-7-17/h8,10-14,17,25H,4-7,9,15-16H2,1-3H3,(H,26,27). The molecule has 2 N–H and O–H groups in total. The Labute approximate surface area is 178 Å². The molecule has 162 valence electrons. The van der Waals surface area contributed by atoms with E-state index in [4.69, 9.17) is 14.2 Å². The highest BCUT2D eigenvalue weighted by molar-refractivity contribution is 5.91. The van der Waals surface area contributed by atoms with Gasteiger partial charge < -0.3 is 24.8 Å². The van der Waals surface area contributed by atoms with Crippen molar-refractivity contribution in [3.8, 4) is 17.2 Å². The van der Waals surface area contributed by atoms with E-state index in [-0.39, 0.29) is 5.91 Å². The zero-order chi connectivity index (χ0) is 21.3. The van der Waals surface area contributed by atoms with Gasteiger partial charge in [-0.25, -0.2) is 0 Å². The van der Waals surface area contributed by atoms with Crippen molar-refractivity contribution in [2.24, 2.45) is 5.92 Å². The van der Waals surface area contributed by atoms with Crippen LogP contribution in [-0.2, 0) is 11.2 Å². The van der Waals surface area contributed by atoms with E-state index >= 15 is 0 Å². The number of hydrogen-bond donors (Lipinski definition) is 2. The molecule has 0 heterocycles. The molecule has 2 aromatic carbocycles. The molecule has 3 rings (SSSR count). The second-order valence-electron chi connectivity index (χ2n) is 7.65. The molecule has 1 fully saturated rings. The molecule has 1 amide bonds. The molecule has 0 bridgehead atoms. The van der Waals surface area contributed by atoms with Crippen molar-refractivity contribution in [3.63, 3.8) is 0 Å². The fourth-order valence-electron chi connectivity index (χ4n) is 3.98. The molecule has 2 aromatic rings. The van der Waals surface area contributed by atoms with Gasteiger partial charge in [-0.05, 0) is 61.1 Å². The maximum Gasteiger partial charge on any atom is 0.224 e. The lowest BCUT2D eigenvalue weighted by molar-refractivity contribution is -0.116. The van der Waals surface area contributed by atoms with E-state index in [9.17, 15) is 4.79 Å². The highest BCUT2D eigenvalue weighted by Crippen LogP contribution is 2.40. The summed E-state index contributed by atoms with van der Waals surface area (Å²) in [6.45, 7) is 1.03. The first kappa shape index (κ1) is 21.8. The Balaban J connectivity index is 1.52. The molecule has 0 atom stereocenters. The number of anilines is 2. The molecule has 0 aromatic heterocycles. The van der Waals surface area contributed by atoms with E-state index in [1.807, 2.05) is 36.4 Å². The van der Waals surface area contributed by atoms with Crippen molar-refractivity contribution in [1.29, 1.82) is 0 Å². The van der Waals surface area contributed by atoms with Crippen LogP contribution in [0.15, 0.2) is 36.4 Å². The molecule has 0 radical (unpaired) electrons. The Morgan fingerprint density at radius 3 is 2.20 bits per heavy atom. The van der Waals surface area contributed by atoms with Crippen molar-refractivity contribution < 1.29 is 19.0 Å². The summed E-state index contributed by atoms with van der Waals surface area (Å²) in [5, 5.41) is 6.46. The van der Waals surface area contributed by atoms with Gasteiger partial charge in [-0.15, -0.1) is 0 Å². The van der Waals surface area contributed by atoms with E-state index < -0.39 is 0 Å². The molecule has 0 aliphatic heterocycles. The van der Waals surface area contributed by atoms with E-state index in [0.717, 1.165) is 29.4 Å². The lowest BCUT2D eigenvalue weighted by atomic mass is 10.1. The van der Waals surface area contributed by atoms with Gasteiger partial charge in [0.1, 0.15) is 0 Å². The first-order chi connectivity index (χ1) is 14.6. The van der Waals surface area contributed by atoms with Gasteiger partial charge in [0, 0.05) is 24.3 Å². The van der Waals surface area contributed by atoms with Crippen molar-refractivity contribution >= 4 is 17.3 Å². The Bertz CT molecular complexity index is 830. The van der Waals surface area contributed by atoms with Gasteiger partial charge in [-0.3, -0.25) is 4.79 Å². The summed E-state index contributed by atoms with van der Waals surface area (Å²) in [5.74, 6) is 2.49. The SMILES string of the molecule is COc1ccc(CCC(=O)Nc2ccc(NCC3CCCC3)cc2)c(OC)c1OC. The van der Waals surface area contributed by atoms with Crippen LogP contribution in [0.2, 0.25) is 0 Å². The van der Waals surface area contributed by atoms with Crippen LogP contribution in [0.4, 0.5) is 11.4 Å². The predicted molar refractivity (Wildman–Crippen MR) is 120 cm³/mol. The van der Waals surface area contributed by atoms with Gasteiger partial charge in [0.15, 0.2) is 11.5 Å². The Morgan fingerprint density at radius 2 is 1.57 bits per heavy atom. The van der Waals surface area contributed by atoms with Crippen molar-refractivity contribution in [3.05, 3.63) is 42.0 Å². The summed E-state index contributed by atoms with van der Waals surface area (Å²) in [6.07, 6.45) is 6.24. The zero-order valence-electron chi connectivity index (χ0n) is 18.1. The largest absolute Gasteiger partial charge is 0.493 e. The maximum atomic E-state index is 12.4. The molecule has 6 heteroatoms. The number of hydrogen-bond acceptors (Lipinski definition) is 5. The number of benzene rings is 2. The van der Waals surface area contributed by atoms with Crippen LogP contribution >= 0.6 is 0 Å². The fourth-order valence-corrected chi connectivity index (χ4v) is 3.98. The van der Waals surface area contributed by atoms with Gasteiger partial charge in [0.25, 0.3) is 0 Å². The third-order valence-electron chi connectivity index (χ3n) is 5.65. The van der Waals surface area contributed by atoms with Gasteiger partial charge in [0.05, 0.1) is 21.3 Å². The van der Waals surface area contributed by atoms with E-state index in [1.165, 1.54) is 25.7 Å². The number of rotatable bonds is 10. The lowest BCUT2D eigenvalue weighted by Crippen LogP contribution is -2.13. The summed E-state index contributed by atoms with van der Waals surface area (Å²) in [6, 6.07) is 11.6. The zero-order valence-corrected chi connectivity index (χ0v) is 18.1. The molecular formula is C24H32N2O4. The van der Waals surface area contributed by atoms with Gasteiger partial charge in [0.2, 0.25) is 11.7 Å². The lowest BCUT2D eigenvalue weighted by Gasteiger charge is -2.15. The maximum absolute atomic E-state index is 12.4. The molecule has 0 saturated heterocycles. The van der Waals surface area contributed by atoms with Crippen LogP contribution in [0, 0.1) is 5.92 Å². The van der Waals surface area contributed by atoms with Crippen LogP contribution in [0.5, 0.6) is 17.2 Å². The monoisotopic (exact) mass is 412 g/mol. The van der Waals surface area contributed by atoms with Crippen LogP contribution in [0.3, 0.4) is 0 Å². The van der Waals surface area contributed by atoms with Crippen LogP contribution < -0.4 is 24.8 Å². The molecule has 1 aliphatic carbocycles. The minimum atomic E-state index is -0.0431. The number of aryl methyl sites for hydroxylation is 1. The van der Waals surface area contributed by atoms with Crippen LogP contribution in [0.25, 0.3) is 0 Å². The first-order valence-electron chi connectivity index (χ1n) is 10.6. The number of carbonyl (C=O) groups is 1. The highest BCUT2D eigenvalue weighted by Gasteiger charge is 2.17. The summed E-state index contributed by atoms with van der Waals surface area (Å²) >= 11 is 0. The van der Waals surface area contributed by atoms with E-state index in [1.54, 1.807) is 21.3 Å². The summed E-state index contributed by atoms with van der Waals surface area (Å²) in [5.41, 5.74) is 2.79. The summed E-state index contributed by atoms with van der Waals surface area (Å²) in [7, 11) is 4.74. The number of ether oxygens (including phenoxy) is 3. The van der Waals surface area contributed by atoms with Crippen molar-refractivity contribution in [1.82, 2.24) is 0 Å². The van der Waals surface area contributed by atoms with Crippen molar-refractivity contribution in [2.75, 3.05) is 38.5 Å². The number of methoxy groups -OCH3 is 3. The molecule has 0 spiro atoms. The first-order valence-corrected chi connectivity index (χ1v) is 10.6. The summed E-state index contributed by atoms with van der Waals surface area (Å²) < 4.78 is 16.2. The van der Waals surface area contributed by atoms with Crippen LogP contribution in [-0.4, -0.2) is 33.8 Å². The molecule has 1 saturated carbocycles. The molecule has 1 aliphatic rings. The predicted octanol–water partition coefficient (Wildman–Crippen LogP) is 4.89. The fraction of sp³-hybridized carbons (Fsp3) is 0.458. The third kappa shape index (κ3) is 5.59. The normalized spacial score (nSPS) is 13.7.